The van der Waals surface area contributed by atoms with Gasteiger partial charge in [0.25, 0.3) is 5.91 Å². The molecule has 2 amide bonds. The highest BCUT2D eigenvalue weighted by Crippen LogP contribution is 2.40. The first kappa shape index (κ1) is 21.6. The number of piperidine rings is 1. The molecule has 5 nitrogen and oxygen atoms in total. The number of anilines is 1. The topological polar surface area (TPSA) is 66.5 Å². The van der Waals surface area contributed by atoms with Gasteiger partial charge in [-0.3, -0.25) is 14.4 Å². The first-order chi connectivity index (χ1) is 15.6. The molecular formula is C24H24N2O3S3. The SMILES string of the molecule is O=C(c1cccs1)c1c(NC(=O)C2CCN(C(=O)c3cccs3)CC2)sc2c1CCCC2. The number of hydrogen-bond acceptors (Lipinski definition) is 6. The smallest absolute Gasteiger partial charge is 0.263 e. The third-order valence-electron chi connectivity index (χ3n) is 6.26. The Balaban J connectivity index is 1.30. The molecule has 0 radical (unpaired) electrons. The molecule has 0 bridgehead atoms. The van der Waals surface area contributed by atoms with E-state index in [1.807, 2.05) is 39.9 Å². The molecule has 5 rings (SSSR count). The van der Waals surface area contributed by atoms with Crippen molar-refractivity contribution in [3.8, 4) is 0 Å². The van der Waals surface area contributed by atoms with Crippen LogP contribution in [-0.4, -0.2) is 35.6 Å². The second kappa shape index (κ2) is 9.29. The number of nitrogens with zero attached hydrogens (tertiary/aromatic N) is 1. The normalized spacial score (nSPS) is 16.6. The van der Waals surface area contributed by atoms with Crippen LogP contribution in [0.2, 0.25) is 0 Å². The molecule has 1 aliphatic heterocycles. The summed E-state index contributed by atoms with van der Waals surface area (Å²) in [5.74, 6) is -0.113. The number of carbonyl (C=O) groups is 3. The van der Waals surface area contributed by atoms with E-state index < -0.39 is 0 Å². The molecule has 1 aliphatic carbocycles. The van der Waals surface area contributed by atoms with Crippen LogP contribution in [0.15, 0.2) is 35.0 Å². The number of aryl methyl sites for hydroxylation is 1. The van der Waals surface area contributed by atoms with Crippen molar-refractivity contribution in [2.24, 2.45) is 5.92 Å². The standard InChI is InChI=1S/C24H24N2O3S3/c27-21(18-7-3-13-30-18)20-16-5-1-2-6-17(16)32-23(20)25-22(28)15-9-11-26(12-10-15)24(29)19-8-4-14-31-19/h3-4,7-8,13-15H,1-2,5-6,9-12H2,(H,25,28). The van der Waals surface area contributed by atoms with Gasteiger partial charge >= 0.3 is 0 Å². The molecule has 8 heteroatoms. The van der Waals surface area contributed by atoms with Gasteiger partial charge in [-0.1, -0.05) is 12.1 Å². The average Bonchev–Trinajstić information content (AvgIpc) is 3.59. The quantitative estimate of drug-likeness (QED) is 0.488. The lowest BCUT2D eigenvalue weighted by Gasteiger charge is -2.31. The minimum atomic E-state index is -0.147. The number of likely N-dealkylation sites (tertiary alicyclic amines) is 1. The number of nitrogens with one attached hydrogen (secondary N) is 1. The molecule has 0 unspecified atom stereocenters. The number of rotatable bonds is 5. The van der Waals surface area contributed by atoms with Gasteiger partial charge in [-0.25, -0.2) is 0 Å². The van der Waals surface area contributed by atoms with E-state index in [4.69, 9.17) is 0 Å². The summed E-state index contributed by atoms with van der Waals surface area (Å²) in [6.07, 6.45) is 5.37. The van der Waals surface area contributed by atoms with E-state index in [9.17, 15) is 14.4 Å². The molecule has 4 heterocycles. The monoisotopic (exact) mass is 484 g/mol. The predicted molar refractivity (Wildman–Crippen MR) is 130 cm³/mol. The Hall–Kier alpha value is -2.29. The maximum absolute atomic E-state index is 13.3. The fourth-order valence-corrected chi connectivity index (χ4v) is 7.19. The van der Waals surface area contributed by atoms with Crippen molar-refractivity contribution in [3.05, 3.63) is 60.8 Å². The molecule has 1 fully saturated rings. The first-order valence-electron chi connectivity index (χ1n) is 11.0. The number of fused-ring (bicyclic) bond motifs is 1. The van der Waals surface area contributed by atoms with Gasteiger partial charge in [-0.05, 0) is 67.0 Å². The second-order valence-electron chi connectivity index (χ2n) is 8.25. The van der Waals surface area contributed by atoms with E-state index in [1.54, 1.807) is 11.3 Å². The van der Waals surface area contributed by atoms with Gasteiger partial charge in [-0.15, -0.1) is 34.0 Å². The number of ketones is 1. The zero-order chi connectivity index (χ0) is 22.1. The number of carbonyl (C=O) groups excluding carboxylic acids is 3. The zero-order valence-electron chi connectivity index (χ0n) is 17.6. The predicted octanol–water partition coefficient (Wildman–Crippen LogP) is 5.47. The van der Waals surface area contributed by atoms with E-state index in [-0.39, 0.29) is 23.5 Å². The van der Waals surface area contributed by atoms with Gasteiger partial charge in [0, 0.05) is 23.9 Å². The Morgan fingerprint density at radius 2 is 1.62 bits per heavy atom. The molecule has 0 aromatic carbocycles. The Labute approximate surface area is 199 Å². The van der Waals surface area contributed by atoms with Crippen molar-refractivity contribution < 1.29 is 14.4 Å². The maximum atomic E-state index is 13.3. The number of hydrogen-bond donors (Lipinski definition) is 1. The van der Waals surface area contributed by atoms with Gasteiger partial charge in [0.05, 0.1) is 15.3 Å². The van der Waals surface area contributed by atoms with E-state index in [0.29, 0.717) is 41.4 Å². The molecule has 166 valence electrons. The summed E-state index contributed by atoms with van der Waals surface area (Å²) < 4.78 is 0. The lowest BCUT2D eigenvalue weighted by Crippen LogP contribution is -2.41. The van der Waals surface area contributed by atoms with Gasteiger partial charge in [0.15, 0.2) is 0 Å². The van der Waals surface area contributed by atoms with Crippen LogP contribution < -0.4 is 5.32 Å². The van der Waals surface area contributed by atoms with Crippen LogP contribution in [0.5, 0.6) is 0 Å². The zero-order valence-corrected chi connectivity index (χ0v) is 20.0. The molecule has 3 aromatic rings. The molecule has 1 saturated heterocycles. The van der Waals surface area contributed by atoms with Crippen LogP contribution in [0, 0.1) is 5.92 Å². The molecule has 2 aliphatic rings. The summed E-state index contributed by atoms with van der Waals surface area (Å²) in [5.41, 5.74) is 1.83. The van der Waals surface area contributed by atoms with Gasteiger partial charge in [0.2, 0.25) is 11.7 Å². The molecule has 0 atom stereocenters. The van der Waals surface area contributed by atoms with Crippen LogP contribution in [0.3, 0.4) is 0 Å². The second-order valence-corrected chi connectivity index (χ2v) is 11.3. The van der Waals surface area contributed by atoms with Crippen molar-refractivity contribution in [1.82, 2.24) is 4.90 Å². The van der Waals surface area contributed by atoms with Crippen LogP contribution in [0.1, 0.15) is 61.0 Å². The van der Waals surface area contributed by atoms with Gasteiger partial charge in [0.1, 0.15) is 5.00 Å². The summed E-state index contributed by atoms with van der Waals surface area (Å²) in [6, 6.07) is 7.47. The fourth-order valence-electron chi connectivity index (χ4n) is 4.54. The molecule has 1 N–H and O–H groups in total. The average molecular weight is 485 g/mol. The van der Waals surface area contributed by atoms with Crippen molar-refractivity contribution >= 4 is 56.6 Å². The van der Waals surface area contributed by atoms with Crippen LogP contribution in [0.25, 0.3) is 0 Å². The number of thiophene rings is 3. The van der Waals surface area contributed by atoms with Crippen molar-refractivity contribution in [3.63, 3.8) is 0 Å². The third-order valence-corrected chi connectivity index (χ3v) is 9.20. The van der Waals surface area contributed by atoms with E-state index >= 15 is 0 Å². The Bertz CT molecular complexity index is 1120. The van der Waals surface area contributed by atoms with Crippen LogP contribution in [-0.2, 0) is 17.6 Å². The lowest BCUT2D eigenvalue weighted by atomic mass is 9.93. The highest BCUT2D eigenvalue weighted by molar-refractivity contribution is 7.17. The maximum Gasteiger partial charge on any atom is 0.263 e. The van der Waals surface area contributed by atoms with Crippen molar-refractivity contribution in [2.45, 2.75) is 38.5 Å². The Morgan fingerprint density at radius 3 is 2.31 bits per heavy atom. The summed E-state index contributed by atoms with van der Waals surface area (Å²) in [4.78, 5) is 43.5. The van der Waals surface area contributed by atoms with Crippen molar-refractivity contribution in [2.75, 3.05) is 18.4 Å². The van der Waals surface area contributed by atoms with Crippen LogP contribution >= 0.6 is 34.0 Å². The summed E-state index contributed by atoms with van der Waals surface area (Å²) in [6.45, 7) is 1.16. The van der Waals surface area contributed by atoms with Crippen LogP contribution in [0.4, 0.5) is 5.00 Å². The Morgan fingerprint density at radius 1 is 0.938 bits per heavy atom. The summed E-state index contributed by atoms with van der Waals surface area (Å²) in [5, 5.41) is 7.64. The summed E-state index contributed by atoms with van der Waals surface area (Å²) in [7, 11) is 0. The molecule has 32 heavy (non-hydrogen) atoms. The lowest BCUT2D eigenvalue weighted by molar-refractivity contribution is -0.121. The summed E-state index contributed by atoms with van der Waals surface area (Å²) >= 11 is 4.46. The number of amides is 2. The van der Waals surface area contributed by atoms with Gasteiger partial charge in [-0.2, -0.15) is 0 Å². The van der Waals surface area contributed by atoms with E-state index in [1.165, 1.54) is 27.6 Å². The first-order valence-corrected chi connectivity index (χ1v) is 13.6. The third kappa shape index (κ3) is 4.19. The molecule has 0 saturated carbocycles. The highest BCUT2D eigenvalue weighted by Gasteiger charge is 2.31. The van der Waals surface area contributed by atoms with E-state index in [2.05, 4.69) is 5.32 Å². The highest BCUT2D eigenvalue weighted by atomic mass is 32.1. The van der Waals surface area contributed by atoms with E-state index in [0.717, 1.165) is 36.1 Å². The largest absolute Gasteiger partial charge is 0.338 e. The minimum Gasteiger partial charge on any atom is -0.338 e. The molecule has 3 aromatic heterocycles. The fraction of sp³-hybridized carbons (Fsp3) is 0.375. The Kier molecular flexibility index (Phi) is 6.26. The molecular weight excluding hydrogens is 460 g/mol. The van der Waals surface area contributed by atoms with Gasteiger partial charge < -0.3 is 10.2 Å². The minimum absolute atomic E-state index is 0.0195. The van der Waals surface area contributed by atoms with Crippen molar-refractivity contribution in [1.29, 1.82) is 0 Å². The molecule has 0 spiro atoms.